The van der Waals surface area contributed by atoms with E-state index < -0.39 is 6.17 Å². The van der Waals surface area contributed by atoms with Crippen LogP contribution in [0, 0.1) is 0 Å². The fraction of sp³-hybridized carbons (Fsp3) is 0.750. The van der Waals surface area contributed by atoms with E-state index in [9.17, 15) is 4.39 Å². The van der Waals surface area contributed by atoms with Crippen LogP contribution in [0.4, 0.5) is 4.39 Å². The number of aromatic nitrogens is 3. The second-order valence-corrected chi connectivity index (χ2v) is 3.26. The standard InChI is InChI=1S/C8H13FN4/c9-6-2-1-5-13-8(6)11-7(12-13)3-4-10/h6H,1-5,10H2. The van der Waals surface area contributed by atoms with Crippen LogP contribution in [0.5, 0.6) is 0 Å². The normalized spacial score (nSPS) is 21.5. The summed E-state index contributed by atoms with van der Waals surface area (Å²) < 4.78 is 14.9. The average Bonchev–Trinajstić information content (AvgIpc) is 2.49. The van der Waals surface area contributed by atoms with E-state index in [-0.39, 0.29) is 0 Å². The number of hydrogen-bond donors (Lipinski definition) is 1. The zero-order valence-corrected chi connectivity index (χ0v) is 7.41. The third kappa shape index (κ3) is 1.56. The van der Waals surface area contributed by atoms with Gasteiger partial charge in [0, 0.05) is 13.0 Å². The van der Waals surface area contributed by atoms with E-state index in [4.69, 9.17) is 5.73 Å². The molecular formula is C8H13FN4. The van der Waals surface area contributed by atoms with Gasteiger partial charge in [0.05, 0.1) is 0 Å². The third-order valence-electron chi connectivity index (χ3n) is 2.22. The predicted molar refractivity (Wildman–Crippen MR) is 45.9 cm³/mol. The fourth-order valence-corrected chi connectivity index (χ4v) is 1.58. The molecule has 1 unspecified atom stereocenters. The zero-order valence-electron chi connectivity index (χ0n) is 7.41. The molecule has 0 fully saturated rings. The van der Waals surface area contributed by atoms with Gasteiger partial charge in [0.25, 0.3) is 0 Å². The van der Waals surface area contributed by atoms with Gasteiger partial charge in [-0.25, -0.2) is 14.1 Å². The highest BCUT2D eigenvalue weighted by Crippen LogP contribution is 2.26. The highest BCUT2D eigenvalue weighted by Gasteiger charge is 2.23. The van der Waals surface area contributed by atoms with Gasteiger partial charge in [-0.1, -0.05) is 0 Å². The number of fused-ring (bicyclic) bond motifs is 1. The molecule has 4 nitrogen and oxygen atoms in total. The summed E-state index contributed by atoms with van der Waals surface area (Å²) in [5.74, 6) is 1.15. The van der Waals surface area contributed by atoms with Crippen molar-refractivity contribution in [3.05, 3.63) is 11.6 Å². The van der Waals surface area contributed by atoms with Gasteiger partial charge in [-0.05, 0) is 19.4 Å². The van der Waals surface area contributed by atoms with E-state index in [2.05, 4.69) is 10.1 Å². The molecule has 72 valence electrons. The van der Waals surface area contributed by atoms with Crippen LogP contribution in [-0.2, 0) is 13.0 Å². The smallest absolute Gasteiger partial charge is 0.161 e. The predicted octanol–water partition coefficient (Wildman–Crippen LogP) is 0.584. The lowest BCUT2D eigenvalue weighted by Gasteiger charge is -2.14. The summed E-state index contributed by atoms with van der Waals surface area (Å²) in [4.78, 5) is 4.12. The Morgan fingerprint density at radius 2 is 2.46 bits per heavy atom. The Hall–Kier alpha value is -0.970. The highest BCUT2D eigenvalue weighted by atomic mass is 19.1. The van der Waals surface area contributed by atoms with Crippen LogP contribution < -0.4 is 5.73 Å². The molecule has 0 radical (unpaired) electrons. The summed E-state index contributed by atoms with van der Waals surface area (Å²) in [5, 5.41) is 4.18. The van der Waals surface area contributed by atoms with E-state index in [1.807, 2.05) is 0 Å². The molecule has 0 aliphatic carbocycles. The van der Waals surface area contributed by atoms with Crippen molar-refractivity contribution >= 4 is 0 Å². The number of nitrogens with two attached hydrogens (primary N) is 1. The minimum atomic E-state index is -0.937. The van der Waals surface area contributed by atoms with Crippen LogP contribution in [0.25, 0.3) is 0 Å². The second-order valence-electron chi connectivity index (χ2n) is 3.26. The van der Waals surface area contributed by atoms with Gasteiger partial charge in [0.2, 0.25) is 0 Å². The summed E-state index contributed by atoms with van der Waals surface area (Å²) in [7, 11) is 0. The SMILES string of the molecule is NCCc1nc2n(n1)CCCC2F. The quantitative estimate of drug-likeness (QED) is 0.731. The molecule has 1 atom stereocenters. The minimum absolute atomic E-state index is 0.481. The molecule has 0 amide bonds. The van der Waals surface area contributed by atoms with Gasteiger partial charge in [-0.3, -0.25) is 0 Å². The number of hydrogen-bond acceptors (Lipinski definition) is 3. The summed E-state index contributed by atoms with van der Waals surface area (Å²) in [5.41, 5.74) is 5.37. The van der Waals surface area contributed by atoms with Crippen LogP contribution in [0.2, 0.25) is 0 Å². The van der Waals surface area contributed by atoms with E-state index in [1.54, 1.807) is 4.68 Å². The third-order valence-corrected chi connectivity index (χ3v) is 2.22. The number of halogens is 1. The van der Waals surface area contributed by atoms with E-state index in [1.165, 1.54) is 0 Å². The summed E-state index contributed by atoms with van der Waals surface area (Å²) in [6.07, 6.45) is 1.11. The topological polar surface area (TPSA) is 56.7 Å². The lowest BCUT2D eigenvalue weighted by atomic mass is 10.1. The first-order valence-electron chi connectivity index (χ1n) is 4.59. The Balaban J connectivity index is 2.25. The first-order chi connectivity index (χ1) is 6.31. The van der Waals surface area contributed by atoms with Crippen LogP contribution in [0.1, 0.15) is 30.7 Å². The van der Waals surface area contributed by atoms with Gasteiger partial charge in [-0.2, -0.15) is 5.10 Å². The molecule has 2 N–H and O–H groups in total. The summed E-state index contributed by atoms with van der Waals surface area (Å²) in [6.45, 7) is 1.30. The molecule has 1 aliphatic heterocycles. The molecule has 13 heavy (non-hydrogen) atoms. The Bertz CT molecular complexity index is 296. The lowest BCUT2D eigenvalue weighted by Crippen LogP contribution is -2.14. The molecule has 5 heteroatoms. The maximum atomic E-state index is 13.3. The van der Waals surface area contributed by atoms with Crippen LogP contribution in [0.15, 0.2) is 0 Å². The largest absolute Gasteiger partial charge is 0.330 e. The zero-order chi connectivity index (χ0) is 9.26. The molecule has 0 bridgehead atoms. The lowest BCUT2D eigenvalue weighted by molar-refractivity contribution is 0.252. The second kappa shape index (κ2) is 3.41. The molecule has 0 spiro atoms. The van der Waals surface area contributed by atoms with Crippen molar-refractivity contribution in [1.82, 2.24) is 14.8 Å². The molecule has 1 aromatic rings. The van der Waals surface area contributed by atoms with Gasteiger partial charge in [0.15, 0.2) is 17.8 Å². The Kier molecular flexibility index (Phi) is 2.26. The van der Waals surface area contributed by atoms with Crippen molar-refractivity contribution in [2.45, 2.75) is 32.0 Å². The van der Waals surface area contributed by atoms with Crippen LogP contribution >= 0.6 is 0 Å². The fourth-order valence-electron chi connectivity index (χ4n) is 1.58. The Morgan fingerprint density at radius 3 is 3.15 bits per heavy atom. The van der Waals surface area contributed by atoms with Gasteiger partial charge in [-0.15, -0.1) is 0 Å². The van der Waals surface area contributed by atoms with Crippen molar-refractivity contribution in [2.75, 3.05) is 6.54 Å². The van der Waals surface area contributed by atoms with Gasteiger partial charge >= 0.3 is 0 Å². The van der Waals surface area contributed by atoms with Crippen molar-refractivity contribution in [3.8, 4) is 0 Å². The number of aryl methyl sites for hydroxylation is 1. The minimum Gasteiger partial charge on any atom is -0.330 e. The molecule has 2 rings (SSSR count). The first-order valence-corrected chi connectivity index (χ1v) is 4.59. The molecule has 1 aliphatic rings. The number of nitrogens with zero attached hydrogens (tertiary/aromatic N) is 3. The van der Waals surface area contributed by atoms with Crippen molar-refractivity contribution < 1.29 is 4.39 Å². The van der Waals surface area contributed by atoms with E-state index in [0.29, 0.717) is 31.0 Å². The van der Waals surface area contributed by atoms with Crippen LogP contribution in [0.3, 0.4) is 0 Å². The maximum Gasteiger partial charge on any atom is 0.161 e. The molecular weight excluding hydrogens is 171 g/mol. The summed E-state index contributed by atoms with van der Waals surface area (Å²) in [6, 6.07) is 0. The monoisotopic (exact) mass is 184 g/mol. The summed E-state index contributed by atoms with van der Waals surface area (Å²) >= 11 is 0. The molecule has 2 heterocycles. The first kappa shape index (κ1) is 8.62. The maximum absolute atomic E-state index is 13.3. The molecule has 0 aromatic carbocycles. The number of rotatable bonds is 2. The molecule has 0 saturated heterocycles. The van der Waals surface area contributed by atoms with E-state index >= 15 is 0 Å². The van der Waals surface area contributed by atoms with E-state index in [0.717, 1.165) is 13.0 Å². The highest BCUT2D eigenvalue weighted by molar-refractivity contribution is 4.99. The van der Waals surface area contributed by atoms with Crippen LogP contribution in [-0.4, -0.2) is 21.3 Å². The Morgan fingerprint density at radius 1 is 1.62 bits per heavy atom. The van der Waals surface area contributed by atoms with Crippen molar-refractivity contribution in [1.29, 1.82) is 0 Å². The Labute approximate surface area is 75.9 Å². The average molecular weight is 184 g/mol. The van der Waals surface area contributed by atoms with Gasteiger partial charge in [0.1, 0.15) is 0 Å². The number of alkyl halides is 1. The van der Waals surface area contributed by atoms with Crippen molar-refractivity contribution in [3.63, 3.8) is 0 Å². The van der Waals surface area contributed by atoms with Gasteiger partial charge < -0.3 is 5.73 Å². The molecule has 1 aromatic heterocycles. The van der Waals surface area contributed by atoms with Crippen molar-refractivity contribution in [2.24, 2.45) is 5.73 Å². The molecule has 0 saturated carbocycles.